The molecule has 1 fully saturated rings. The third kappa shape index (κ3) is 4.14. The minimum atomic E-state index is -1.21. The van der Waals surface area contributed by atoms with E-state index in [-0.39, 0.29) is 42.4 Å². The van der Waals surface area contributed by atoms with Gasteiger partial charge in [-0.2, -0.15) is 5.10 Å². The lowest BCUT2D eigenvalue weighted by atomic mass is 9.90. The number of aromatic nitrogens is 2. The van der Waals surface area contributed by atoms with E-state index in [1.165, 1.54) is 17.2 Å². The molecule has 0 spiro atoms. The Hall–Kier alpha value is -3.16. The highest BCUT2D eigenvalue weighted by Crippen LogP contribution is 2.36. The molecule has 8 nitrogen and oxygen atoms in total. The van der Waals surface area contributed by atoms with E-state index < -0.39 is 11.5 Å². The molecule has 4 rings (SSSR count). The summed E-state index contributed by atoms with van der Waals surface area (Å²) >= 11 is 0. The van der Waals surface area contributed by atoms with Crippen molar-refractivity contribution in [2.24, 2.45) is 0 Å². The van der Waals surface area contributed by atoms with Gasteiger partial charge >= 0.3 is 5.97 Å². The van der Waals surface area contributed by atoms with Crippen LogP contribution in [0.25, 0.3) is 0 Å². The molecule has 0 bridgehead atoms. The van der Waals surface area contributed by atoms with Gasteiger partial charge < -0.3 is 10.1 Å². The number of amides is 2. The van der Waals surface area contributed by atoms with Crippen LogP contribution in [0.5, 0.6) is 0 Å². The Bertz CT molecular complexity index is 1090. The van der Waals surface area contributed by atoms with Crippen LogP contribution in [-0.4, -0.2) is 45.8 Å². The van der Waals surface area contributed by atoms with Crippen molar-refractivity contribution < 1.29 is 19.1 Å². The number of rotatable bonds is 5. The zero-order valence-corrected chi connectivity index (χ0v) is 19.8. The number of ether oxygens (including phenoxy) is 1. The number of nitrogens with one attached hydrogen (secondary N) is 1. The van der Waals surface area contributed by atoms with Gasteiger partial charge in [0.05, 0.1) is 13.2 Å². The number of benzene rings is 1. The summed E-state index contributed by atoms with van der Waals surface area (Å²) in [4.78, 5) is 41.4. The summed E-state index contributed by atoms with van der Waals surface area (Å²) in [6.07, 6.45) is 5.25. The molecule has 2 aliphatic rings. The van der Waals surface area contributed by atoms with Crippen LogP contribution >= 0.6 is 0 Å². The topological polar surface area (TPSA) is 93.5 Å². The summed E-state index contributed by atoms with van der Waals surface area (Å²) in [7, 11) is 0. The number of carbonyl (C=O) groups is 3. The molecule has 1 aromatic heterocycles. The summed E-state index contributed by atoms with van der Waals surface area (Å²) in [5.74, 6) is -1.15. The van der Waals surface area contributed by atoms with Crippen molar-refractivity contribution in [1.29, 1.82) is 0 Å². The van der Waals surface area contributed by atoms with E-state index in [2.05, 4.69) is 10.4 Å². The van der Waals surface area contributed by atoms with E-state index in [1.54, 1.807) is 18.7 Å². The monoisotopic (exact) mass is 452 g/mol. The molecule has 0 saturated heterocycles. The van der Waals surface area contributed by atoms with Crippen LogP contribution in [0.2, 0.25) is 0 Å². The van der Waals surface area contributed by atoms with Crippen molar-refractivity contribution in [3.05, 3.63) is 46.8 Å². The number of hydrogen-bond donors (Lipinski definition) is 1. The first kappa shape index (κ1) is 23.0. The Morgan fingerprint density at radius 3 is 2.64 bits per heavy atom. The molecule has 2 amide bonds. The van der Waals surface area contributed by atoms with Crippen molar-refractivity contribution in [3.63, 3.8) is 0 Å². The second-order valence-electron chi connectivity index (χ2n) is 9.23. The lowest BCUT2D eigenvalue weighted by molar-refractivity contribution is -0.127. The molecule has 0 unspecified atom stereocenters. The Balaban J connectivity index is 1.78. The van der Waals surface area contributed by atoms with Crippen LogP contribution in [0.1, 0.15) is 78.1 Å². The second-order valence-corrected chi connectivity index (χ2v) is 9.23. The molecule has 1 saturated carbocycles. The van der Waals surface area contributed by atoms with Crippen LogP contribution in [0.3, 0.4) is 0 Å². The summed E-state index contributed by atoms with van der Waals surface area (Å²) in [6.45, 7) is 7.78. The number of anilines is 1. The standard InChI is InChI=1S/C25H32N4O4/c1-5-33-23(31)19-14-21-22(30)29(20-13-9-10-16(2)17(20)3)25(4,15-28(21)27-19)24(32)26-18-11-7-6-8-12-18/h9-10,13-14,18H,5-8,11-12,15H2,1-4H3,(H,26,32)/t25-/m0/s1. The quantitative estimate of drug-likeness (QED) is 0.701. The molecular formula is C25H32N4O4. The Labute approximate surface area is 194 Å². The van der Waals surface area contributed by atoms with Crippen molar-refractivity contribution >= 4 is 23.5 Å². The van der Waals surface area contributed by atoms with Crippen molar-refractivity contribution in [2.75, 3.05) is 11.5 Å². The van der Waals surface area contributed by atoms with Crippen LogP contribution in [-0.2, 0) is 16.1 Å². The first-order valence-corrected chi connectivity index (χ1v) is 11.7. The third-order valence-corrected chi connectivity index (χ3v) is 6.88. The Morgan fingerprint density at radius 2 is 1.94 bits per heavy atom. The molecule has 0 radical (unpaired) electrons. The van der Waals surface area contributed by atoms with Gasteiger partial charge in [-0.1, -0.05) is 31.4 Å². The summed E-state index contributed by atoms with van der Waals surface area (Å²) in [5, 5.41) is 7.53. The molecule has 1 N–H and O–H groups in total. The maximum Gasteiger partial charge on any atom is 0.358 e. The fraction of sp³-hybridized carbons (Fsp3) is 0.520. The van der Waals surface area contributed by atoms with Crippen LogP contribution < -0.4 is 10.2 Å². The maximum absolute atomic E-state index is 13.8. The molecule has 1 aromatic carbocycles. The zero-order valence-electron chi connectivity index (χ0n) is 19.8. The first-order chi connectivity index (χ1) is 15.8. The molecule has 2 heterocycles. The van der Waals surface area contributed by atoms with Gasteiger partial charge in [0.1, 0.15) is 11.2 Å². The zero-order chi connectivity index (χ0) is 23.8. The average molecular weight is 453 g/mol. The predicted octanol–water partition coefficient (Wildman–Crippen LogP) is 3.54. The first-order valence-electron chi connectivity index (χ1n) is 11.7. The highest BCUT2D eigenvalue weighted by Gasteiger charge is 2.50. The molecule has 176 valence electrons. The maximum atomic E-state index is 13.8. The number of aryl methyl sites for hydroxylation is 1. The number of fused-ring (bicyclic) bond motifs is 1. The number of esters is 1. The van der Waals surface area contributed by atoms with Gasteiger partial charge in [0, 0.05) is 17.8 Å². The molecular weight excluding hydrogens is 420 g/mol. The van der Waals surface area contributed by atoms with Crippen molar-refractivity contribution in [2.45, 2.75) is 77.9 Å². The van der Waals surface area contributed by atoms with Gasteiger partial charge in [0.25, 0.3) is 5.91 Å². The van der Waals surface area contributed by atoms with E-state index in [9.17, 15) is 14.4 Å². The molecule has 1 atom stereocenters. The lowest BCUT2D eigenvalue weighted by Crippen LogP contribution is -2.65. The lowest BCUT2D eigenvalue weighted by Gasteiger charge is -2.44. The van der Waals surface area contributed by atoms with Crippen LogP contribution in [0.15, 0.2) is 24.3 Å². The second kappa shape index (κ2) is 9.00. The fourth-order valence-electron chi connectivity index (χ4n) is 4.83. The predicted molar refractivity (Wildman–Crippen MR) is 124 cm³/mol. The van der Waals surface area contributed by atoms with Gasteiger partial charge in [-0.05, 0) is 57.7 Å². The van der Waals surface area contributed by atoms with Gasteiger partial charge in [-0.3, -0.25) is 19.2 Å². The summed E-state index contributed by atoms with van der Waals surface area (Å²) < 4.78 is 6.54. The molecule has 1 aliphatic carbocycles. The van der Waals surface area contributed by atoms with E-state index in [4.69, 9.17) is 4.74 Å². The van der Waals surface area contributed by atoms with Crippen molar-refractivity contribution in [3.8, 4) is 0 Å². The molecule has 33 heavy (non-hydrogen) atoms. The van der Waals surface area contributed by atoms with E-state index in [0.717, 1.165) is 36.8 Å². The minimum Gasteiger partial charge on any atom is -0.461 e. The van der Waals surface area contributed by atoms with Crippen LogP contribution in [0.4, 0.5) is 5.69 Å². The smallest absolute Gasteiger partial charge is 0.358 e. The minimum absolute atomic E-state index is 0.0676. The van der Waals surface area contributed by atoms with Crippen LogP contribution in [0, 0.1) is 13.8 Å². The van der Waals surface area contributed by atoms with E-state index >= 15 is 0 Å². The van der Waals surface area contributed by atoms with Gasteiger partial charge in [-0.25, -0.2) is 4.79 Å². The molecule has 8 heteroatoms. The normalized spacial score (nSPS) is 21.0. The SMILES string of the molecule is CCOC(=O)c1cc2n(n1)C[C@@](C)(C(=O)NC1CCCCC1)N(c1cccc(C)c1C)C2=O. The Kier molecular flexibility index (Phi) is 6.28. The van der Waals surface area contributed by atoms with Crippen molar-refractivity contribution in [1.82, 2.24) is 15.1 Å². The van der Waals surface area contributed by atoms with E-state index in [1.807, 2.05) is 32.0 Å². The van der Waals surface area contributed by atoms with E-state index in [0.29, 0.717) is 5.69 Å². The highest BCUT2D eigenvalue weighted by atomic mass is 16.5. The fourth-order valence-corrected chi connectivity index (χ4v) is 4.83. The average Bonchev–Trinajstić information content (AvgIpc) is 3.21. The number of nitrogens with zero attached hydrogens (tertiary/aromatic N) is 3. The van der Waals surface area contributed by atoms with Gasteiger partial charge in [0.2, 0.25) is 5.91 Å². The Morgan fingerprint density at radius 1 is 1.21 bits per heavy atom. The molecule has 1 aliphatic heterocycles. The molecule has 2 aromatic rings. The number of hydrogen-bond acceptors (Lipinski definition) is 5. The summed E-state index contributed by atoms with van der Waals surface area (Å²) in [6, 6.07) is 7.30. The number of carbonyl (C=O) groups excluding carboxylic acids is 3. The van der Waals surface area contributed by atoms with Gasteiger partial charge in [0.15, 0.2) is 5.69 Å². The highest BCUT2D eigenvalue weighted by molar-refractivity contribution is 6.12. The van der Waals surface area contributed by atoms with Gasteiger partial charge in [-0.15, -0.1) is 0 Å². The summed E-state index contributed by atoms with van der Waals surface area (Å²) in [5.41, 5.74) is 1.77. The largest absolute Gasteiger partial charge is 0.461 e. The third-order valence-electron chi connectivity index (χ3n) is 6.88.